The molecule has 1 aromatic rings. The van der Waals surface area contributed by atoms with E-state index in [0.717, 1.165) is 30.5 Å². The Hall–Kier alpha value is -1.24. The van der Waals surface area contributed by atoms with Crippen LogP contribution >= 0.6 is 12.2 Å². The topological polar surface area (TPSA) is 66.6 Å². The summed E-state index contributed by atoms with van der Waals surface area (Å²) in [4.78, 5) is 4.86. The molecule has 110 valence electrons. The summed E-state index contributed by atoms with van der Waals surface area (Å²) in [6.07, 6.45) is 3.16. The van der Waals surface area contributed by atoms with Gasteiger partial charge in [-0.25, -0.2) is 4.98 Å². The first-order valence-corrected chi connectivity index (χ1v) is 7.15. The van der Waals surface area contributed by atoms with Crippen molar-refractivity contribution in [2.24, 2.45) is 5.73 Å². The summed E-state index contributed by atoms with van der Waals surface area (Å²) in [5.74, 6) is 0.522. The van der Waals surface area contributed by atoms with E-state index in [1.54, 1.807) is 7.11 Å². The predicted octanol–water partition coefficient (Wildman–Crippen LogP) is 1.25. The monoisotopic (exact) mass is 296 g/mol. The smallest absolute Gasteiger partial charge is 0.224 e. The average molecular weight is 296 g/mol. The second kappa shape index (κ2) is 7.52. The van der Waals surface area contributed by atoms with Gasteiger partial charge in [0.05, 0.1) is 25.4 Å². The molecule has 0 saturated carbocycles. The van der Waals surface area contributed by atoms with Crippen LogP contribution in [0.1, 0.15) is 23.2 Å². The van der Waals surface area contributed by atoms with Crippen molar-refractivity contribution >= 4 is 17.2 Å². The highest BCUT2D eigenvalue weighted by Crippen LogP contribution is 2.26. The number of rotatable bonds is 8. The zero-order valence-electron chi connectivity index (χ0n) is 11.7. The van der Waals surface area contributed by atoms with Gasteiger partial charge < -0.3 is 19.9 Å². The van der Waals surface area contributed by atoms with Gasteiger partial charge in [-0.15, -0.1) is 0 Å². The number of nitrogens with two attached hydrogens (primary N) is 1. The molecule has 0 bridgehead atoms. The molecule has 1 aromatic heterocycles. The summed E-state index contributed by atoms with van der Waals surface area (Å²) >= 11 is 5.07. The number of ether oxygens (including phenoxy) is 3. The van der Waals surface area contributed by atoms with Crippen LogP contribution in [0, 0.1) is 0 Å². The molecule has 20 heavy (non-hydrogen) atoms. The highest BCUT2D eigenvalue weighted by molar-refractivity contribution is 7.80. The van der Waals surface area contributed by atoms with E-state index in [-0.39, 0.29) is 0 Å². The molecular weight excluding hydrogens is 276 g/mol. The van der Waals surface area contributed by atoms with Crippen molar-refractivity contribution in [2.75, 3.05) is 33.5 Å². The molecule has 5 nitrogen and oxygen atoms in total. The maximum Gasteiger partial charge on any atom is 0.224 e. The number of nitrogens with zero attached hydrogens (tertiary/aromatic N) is 1. The van der Waals surface area contributed by atoms with Crippen molar-refractivity contribution in [2.45, 2.75) is 19.3 Å². The van der Waals surface area contributed by atoms with Crippen LogP contribution in [0.4, 0.5) is 0 Å². The highest BCUT2D eigenvalue weighted by Gasteiger charge is 2.18. The highest BCUT2D eigenvalue weighted by atomic mass is 32.1. The molecule has 1 heterocycles. The number of pyridine rings is 1. The van der Waals surface area contributed by atoms with Gasteiger partial charge in [-0.05, 0) is 30.9 Å². The molecule has 0 unspecified atom stereocenters. The van der Waals surface area contributed by atoms with Crippen LogP contribution in [0.15, 0.2) is 6.07 Å². The van der Waals surface area contributed by atoms with E-state index in [9.17, 15) is 0 Å². The number of methoxy groups -OCH3 is 1. The number of hydrogen-bond donors (Lipinski definition) is 1. The van der Waals surface area contributed by atoms with E-state index in [1.807, 2.05) is 6.07 Å². The summed E-state index contributed by atoms with van der Waals surface area (Å²) in [7, 11) is 1.64. The van der Waals surface area contributed by atoms with Crippen LogP contribution in [0.3, 0.4) is 0 Å². The lowest BCUT2D eigenvalue weighted by Crippen LogP contribution is -2.16. The van der Waals surface area contributed by atoms with Crippen molar-refractivity contribution in [1.29, 1.82) is 0 Å². The van der Waals surface area contributed by atoms with E-state index < -0.39 is 0 Å². The molecule has 0 saturated heterocycles. The Bertz CT molecular complexity index is 480. The summed E-state index contributed by atoms with van der Waals surface area (Å²) in [6.45, 7) is 2.04. The lowest BCUT2D eigenvalue weighted by atomic mass is 10.1. The Labute approximate surface area is 124 Å². The lowest BCUT2D eigenvalue weighted by molar-refractivity contribution is 0.0536. The van der Waals surface area contributed by atoms with Crippen LogP contribution in [-0.4, -0.2) is 43.5 Å². The van der Waals surface area contributed by atoms with Crippen molar-refractivity contribution in [3.05, 3.63) is 22.9 Å². The van der Waals surface area contributed by atoms with Gasteiger partial charge in [-0.3, -0.25) is 0 Å². The number of aromatic nitrogens is 1. The van der Waals surface area contributed by atoms with Crippen LogP contribution in [0.2, 0.25) is 0 Å². The largest absolute Gasteiger partial charge is 0.475 e. The first-order chi connectivity index (χ1) is 9.72. The molecule has 0 fully saturated rings. The zero-order valence-corrected chi connectivity index (χ0v) is 12.5. The molecule has 0 spiro atoms. The number of aryl methyl sites for hydroxylation is 2. The van der Waals surface area contributed by atoms with E-state index in [4.69, 9.17) is 32.2 Å². The number of thiocarbonyl (C=S) groups is 1. The molecule has 0 atom stereocenters. The molecule has 2 N–H and O–H groups in total. The zero-order chi connectivity index (χ0) is 14.4. The van der Waals surface area contributed by atoms with Crippen molar-refractivity contribution < 1.29 is 14.2 Å². The molecule has 1 aliphatic carbocycles. The Balaban J connectivity index is 1.94. The third-order valence-electron chi connectivity index (χ3n) is 3.18. The first-order valence-electron chi connectivity index (χ1n) is 6.74. The van der Waals surface area contributed by atoms with Crippen molar-refractivity contribution in [1.82, 2.24) is 4.98 Å². The minimum atomic E-state index is 0.322. The number of fused-ring (bicyclic) bond motifs is 1. The number of hydrogen-bond acceptors (Lipinski definition) is 5. The van der Waals surface area contributed by atoms with E-state index in [0.29, 0.717) is 37.3 Å². The quantitative estimate of drug-likeness (QED) is 0.575. The maximum atomic E-state index is 5.74. The second-order valence-corrected chi connectivity index (χ2v) is 5.06. The fourth-order valence-corrected chi connectivity index (χ4v) is 2.33. The Morgan fingerprint density at radius 2 is 2.10 bits per heavy atom. The predicted molar refractivity (Wildman–Crippen MR) is 80.3 cm³/mol. The van der Waals surface area contributed by atoms with Gasteiger partial charge in [0.25, 0.3) is 0 Å². The molecule has 0 radical (unpaired) electrons. The average Bonchev–Trinajstić information content (AvgIpc) is 2.88. The molecule has 0 aromatic carbocycles. The summed E-state index contributed by atoms with van der Waals surface area (Å²) < 4.78 is 15.9. The first kappa shape index (κ1) is 15.2. The van der Waals surface area contributed by atoms with Crippen LogP contribution in [-0.2, 0) is 22.3 Å². The normalized spacial score (nSPS) is 13.2. The van der Waals surface area contributed by atoms with Crippen LogP contribution in [0.5, 0.6) is 5.88 Å². The van der Waals surface area contributed by atoms with Crippen LogP contribution < -0.4 is 10.5 Å². The maximum absolute atomic E-state index is 5.74. The molecule has 0 amide bonds. The second-order valence-electron chi connectivity index (χ2n) is 4.62. The Kier molecular flexibility index (Phi) is 5.70. The summed E-state index contributed by atoms with van der Waals surface area (Å²) in [5.41, 5.74) is 8.79. The SMILES string of the molecule is COCCOCCOc1nc2c(cc1C(N)=S)CCC2. The van der Waals surface area contributed by atoms with Gasteiger partial charge in [0.2, 0.25) is 5.88 Å². The van der Waals surface area contributed by atoms with Crippen LogP contribution in [0.25, 0.3) is 0 Å². The van der Waals surface area contributed by atoms with Crippen molar-refractivity contribution in [3.63, 3.8) is 0 Å². The molecule has 2 rings (SSSR count). The van der Waals surface area contributed by atoms with Gasteiger partial charge in [0, 0.05) is 12.8 Å². The van der Waals surface area contributed by atoms with Gasteiger partial charge >= 0.3 is 0 Å². The minimum absolute atomic E-state index is 0.322. The van der Waals surface area contributed by atoms with Gasteiger partial charge in [0.1, 0.15) is 11.6 Å². The standard InChI is InChI=1S/C14H20N2O3S/c1-17-5-6-18-7-8-19-14-11(13(15)20)9-10-3-2-4-12(10)16-14/h9H,2-8H2,1H3,(H2,15,20). The van der Waals surface area contributed by atoms with E-state index in [1.165, 1.54) is 5.56 Å². The molecular formula is C14H20N2O3S. The molecule has 6 heteroatoms. The Morgan fingerprint density at radius 3 is 2.85 bits per heavy atom. The van der Waals surface area contributed by atoms with Gasteiger partial charge in [-0.1, -0.05) is 12.2 Å². The third kappa shape index (κ3) is 3.88. The van der Waals surface area contributed by atoms with Gasteiger partial charge in [-0.2, -0.15) is 0 Å². The summed E-state index contributed by atoms with van der Waals surface area (Å²) in [6, 6.07) is 2.01. The van der Waals surface area contributed by atoms with Gasteiger partial charge in [0.15, 0.2) is 0 Å². The fourth-order valence-electron chi connectivity index (χ4n) is 2.18. The molecule has 1 aliphatic rings. The Morgan fingerprint density at radius 1 is 1.30 bits per heavy atom. The third-order valence-corrected chi connectivity index (χ3v) is 3.40. The summed E-state index contributed by atoms with van der Waals surface area (Å²) in [5, 5.41) is 0. The van der Waals surface area contributed by atoms with E-state index in [2.05, 4.69) is 4.98 Å². The fraction of sp³-hybridized carbons (Fsp3) is 0.571. The van der Waals surface area contributed by atoms with Crippen molar-refractivity contribution in [3.8, 4) is 5.88 Å². The molecule has 0 aliphatic heterocycles. The minimum Gasteiger partial charge on any atom is -0.475 e. The van der Waals surface area contributed by atoms with E-state index >= 15 is 0 Å². The lowest BCUT2D eigenvalue weighted by Gasteiger charge is -2.12.